The zero-order chi connectivity index (χ0) is 25.9. The molecular weight excluding hydrogens is 486 g/mol. The summed E-state index contributed by atoms with van der Waals surface area (Å²) >= 11 is 1.28. The molecule has 8 nitrogen and oxygen atoms in total. The van der Waals surface area contributed by atoms with Crippen molar-refractivity contribution in [1.82, 2.24) is 15.0 Å². The van der Waals surface area contributed by atoms with Gasteiger partial charge in [-0.1, -0.05) is 29.5 Å². The number of anilines is 1. The largest absolute Gasteiger partial charge is 0.496 e. The van der Waals surface area contributed by atoms with Crippen LogP contribution in [0.2, 0.25) is 0 Å². The van der Waals surface area contributed by atoms with Crippen LogP contribution in [0.25, 0.3) is 32.7 Å². The quantitative estimate of drug-likeness (QED) is 0.306. The van der Waals surface area contributed by atoms with Crippen molar-refractivity contribution in [2.24, 2.45) is 0 Å². The van der Waals surface area contributed by atoms with Crippen molar-refractivity contribution in [1.29, 1.82) is 5.26 Å². The maximum Gasteiger partial charge on any atom is 0.259 e. The number of amides is 1. The van der Waals surface area contributed by atoms with E-state index in [1.807, 2.05) is 55.5 Å². The Bertz CT molecular complexity index is 1650. The van der Waals surface area contributed by atoms with Gasteiger partial charge in [-0.25, -0.2) is 9.97 Å². The van der Waals surface area contributed by atoms with Gasteiger partial charge in [0.2, 0.25) is 0 Å². The Kier molecular flexibility index (Phi) is 6.49. The molecule has 0 aliphatic carbocycles. The standard InChI is InChI=1S/C28H21N5O3S/c1-16-13-19(25-23(35-2)5-4-6-24(25)36-3)20(15-30-16)26(34)33-28-32-22-12-11-21(31-27(22)37-28)18-9-7-17(14-29)8-10-18/h4-13,15H,1-3H3,(H,32,33,34). The van der Waals surface area contributed by atoms with E-state index in [4.69, 9.17) is 19.7 Å². The first-order chi connectivity index (χ1) is 18.0. The lowest BCUT2D eigenvalue weighted by molar-refractivity contribution is 0.102. The predicted molar refractivity (Wildman–Crippen MR) is 143 cm³/mol. The number of carbonyl (C=O) groups excluding carboxylic acids is 1. The van der Waals surface area contributed by atoms with Gasteiger partial charge < -0.3 is 9.47 Å². The second-order valence-corrected chi connectivity index (χ2v) is 9.07. The molecule has 5 rings (SSSR count). The van der Waals surface area contributed by atoms with E-state index in [1.165, 1.54) is 11.3 Å². The van der Waals surface area contributed by atoms with Gasteiger partial charge in [-0.05, 0) is 49.4 Å². The number of pyridine rings is 2. The summed E-state index contributed by atoms with van der Waals surface area (Å²) in [6.45, 7) is 1.86. The molecule has 0 atom stereocenters. The maximum atomic E-state index is 13.4. The summed E-state index contributed by atoms with van der Waals surface area (Å²) in [6.07, 6.45) is 1.54. The molecule has 0 aliphatic rings. The maximum absolute atomic E-state index is 13.4. The number of hydrogen-bond acceptors (Lipinski definition) is 8. The van der Waals surface area contributed by atoms with E-state index in [2.05, 4.69) is 21.4 Å². The third kappa shape index (κ3) is 4.70. The van der Waals surface area contributed by atoms with E-state index >= 15 is 0 Å². The summed E-state index contributed by atoms with van der Waals surface area (Å²) in [5.74, 6) is 0.805. The van der Waals surface area contributed by atoms with Gasteiger partial charge in [-0.2, -0.15) is 5.26 Å². The van der Waals surface area contributed by atoms with E-state index < -0.39 is 0 Å². The van der Waals surface area contributed by atoms with E-state index in [0.29, 0.717) is 49.2 Å². The number of nitriles is 1. The van der Waals surface area contributed by atoms with Crippen molar-refractivity contribution in [2.45, 2.75) is 6.92 Å². The summed E-state index contributed by atoms with van der Waals surface area (Å²) < 4.78 is 11.1. The van der Waals surface area contributed by atoms with Crippen LogP contribution in [0.15, 0.2) is 66.9 Å². The number of nitrogens with zero attached hydrogens (tertiary/aromatic N) is 4. The van der Waals surface area contributed by atoms with Gasteiger partial charge in [-0.15, -0.1) is 0 Å². The van der Waals surface area contributed by atoms with E-state index in [1.54, 1.807) is 32.5 Å². The zero-order valence-electron chi connectivity index (χ0n) is 20.3. The Morgan fingerprint density at radius 1 is 1.00 bits per heavy atom. The highest BCUT2D eigenvalue weighted by molar-refractivity contribution is 7.22. The topological polar surface area (TPSA) is 110 Å². The van der Waals surface area contributed by atoms with Crippen LogP contribution in [0.5, 0.6) is 11.5 Å². The van der Waals surface area contributed by atoms with Gasteiger partial charge in [0.25, 0.3) is 5.91 Å². The van der Waals surface area contributed by atoms with Crippen molar-refractivity contribution in [2.75, 3.05) is 19.5 Å². The Morgan fingerprint density at radius 2 is 1.73 bits per heavy atom. The average Bonchev–Trinajstić information content (AvgIpc) is 3.33. The molecule has 1 amide bonds. The van der Waals surface area contributed by atoms with Gasteiger partial charge >= 0.3 is 0 Å². The molecule has 0 radical (unpaired) electrons. The molecule has 0 saturated heterocycles. The number of fused-ring (bicyclic) bond motifs is 1. The Hall–Kier alpha value is -4.81. The number of ether oxygens (including phenoxy) is 2. The van der Waals surface area contributed by atoms with Gasteiger partial charge in [-0.3, -0.25) is 15.1 Å². The Balaban J connectivity index is 1.48. The highest BCUT2D eigenvalue weighted by Crippen LogP contribution is 2.40. The van der Waals surface area contributed by atoms with Crippen LogP contribution in [0.1, 0.15) is 21.6 Å². The first-order valence-corrected chi connectivity index (χ1v) is 12.1. The normalized spacial score (nSPS) is 10.6. The van der Waals surface area contributed by atoms with Crippen molar-refractivity contribution in [3.8, 4) is 40.0 Å². The highest BCUT2D eigenvalue weighted by Gasteiger charge is 2.21. The smallest absolute Gasteiger partial charge is 0.259 e. The molecule has 2 aromatic carbocycles. The molecule has 1 N–H and O–H groups in total. The third-order valence-corrected chi connectivity index (χ3v) is 6.65. The van der Waals surface area contributed by atoms with Crippen LogP contribution < -0.4 is 14.8 Å². The minimum atomic E-state index is -0.359. The number of nitrogens with one attached hydrogen (secondary N) is 1. The summed E-state index contributed by atoms with van der Waals surface area (Å²) in [7, 11) is 3.15. The molecule has 182 valence electrons. The summed E-state index contributed by atoms with van der Waals surface area (Å²) in [5, 5.41) is 12.3. The number of methoxy groups -OCH3 is 2. The number of aromatic nitrogens is 3. The zero-order valence-corrected chi connectivity index (χ0v) is 21.1. The number of benzene rings is 2. The fourth-order valence-corrected chi connectivity index (χ4v) is 4.81. The molecular formula is C28H21N5O3S. The minimum absolute atomic E-state index is 0.359. The van der Waals surface area contributed by atoms with Gasteiger partial charge in [0.1, 0.15) is 21.8 Å². The molecule has 0 unspecified atom stereocenters. The SMILES string of the molecule is COc1cccc(OC)c1-c1cc(C)ncc1C(=O)Nc1nc2ccc(-c3ccc(C#N)cc3)nc2s1. The van der Waals surface area contributed by atoms with Crippen molar-refractivity contribution in [3.63, 3.8) is 0 Å². The number of rotatable bonds is 6. The monoisotopic (exact) mass is 507 g/mol. The number of aryl methyl sites for hydroxylation is 1. The van der Waals surface area contributed by atoms with E-state index in [9.17, 15) is 4.79 Å². The molecule has 3 aromatic heterocycles. The lowest BCUT2D eigenvalue weighted by atomic mass is 9.98. The summed E-state index contributed by atoms with van der Waals surface area (Å²) in [5.41, 5.74) is 5.32. The molecule has 0 aliphatic heterocycles. The molecule has 37 heavy (non-hydrogen) atoms. The average molecular weight is 508 g/mol. The lowest BCUT2D eigenvalue weighted by Gasteiger charge is -2.16. The van der Waals surface area contributed by atoms with Crippen LogP contribution in [0.3, 0.4) is 0 Å². The lowest BCUT2D eigenvalue weighted by Crippen LogP contribution is -2.14. The molecule has 3 heterocycles. The Labute approximate surface area is 217 Å². The van der Waals surface area contributed by atoms with Gasteiger partial charge in [0, 0.05) is 23.0 Å². The van der Waals surface area contributed by atoms with E-state index in [0.717, 1.165) is 17.0 Å². The van der Waals surface area contributed by atoms with Crippen LogP contribution in [-0.4, -0.2) is 35.1 Å². The molecule has 0 bridgehead atoms. The number of hydrogen-bond donors (Lipinski definition) is 1. The first kappa shape index (κ1) is 23.9. The highest BCUT2D eigenvalue weighted by atomic mass is 32.1. The fourth-order valence-electron chi connectivity index (χ4n) is 3.98. The number of thiazole rings is 1. The van der Waals surface area contributed by atoms with Crippen LogP contribution in [-0.2, 0) is 0 Å². The Morgan fingerprint density at radius 3 is 2.41 bits per heavy atom. The van der Waals surface area contributed by atoms with Crippen molar-refractivity contribution in [3.05, 3.63) is 83.7 Å². The fraction of sp³-hybridized carbons (Fsp3) is 0.107. The number of carbonyl (C=O) groups is 1. The third-order valence-electron chi connectivity index (χ3n) is 5.77. The molecule has 0 saturated carbocycles. The molecule has 0 spiro atoms. The van der Waals surface area contributed by atoms with E-state index in [-0.39, 0.29) is 5.91 Å². The predicted octanol–water partition coefficient (Wildman–Crippen LogP) is 5.87. The summed E-state index contributed by atoms with van der Waals surface area (Å²) in [4.78, 5) is 27.7. The molecule has 0 fully saturated rings. The van der Waals surface area contributed by atoms with Crippen molar-refractivity contribution < 1.29 is 14.3 Å². The summed E-state index contributed by atoms with van der Waals surface area (Å²) in [6, 6.07) is 20.4. The second kappa shape index (κ2) is 10.0. The van der Waals surface area contributed by atoms with Crippen LogP contribution in [0, 0.1) is 18.3 Å². The van der Waals surface area contributed by atoms with Crippen LogP contribution >= 0.6 is 11.3 Å². The minimum Gasteiger partial charge on any atom is -0.496 e. The van der Waals surface area contributed by atoms with Crippen LogP contribution in [0.4, 0.5) is 5.13 Å². The van der Waals surface area contributed by atoms with Crippen molar-refractivity contribution >= 4 is 32.7 Å². The second-order valence-electron chi connectivity index (χ2n) is 8.09. The molecule has 9 heteroatoms. The molecule has 5 aromatic rings. The van der Waals surface area contributed by atoms with Gasteiger partial charge in [0.15, 0.2) is 5.13 Å². The first-order valence-electron chi connectivity index (χ1n) is 11.3. The van der Waals surface area contributed by atoms with Gasteiger partial charge in [0.05, 0.1) is 42.7 Å².